The van der Waals surface area contributed by atoms with E-state index in [1.807, 2.05) is 31.2 Å². The van der Waals surface area contributed by atoms with Gasteiger partial charge in [0, 0.05) is 6.04 Å². The zero-order valence-corrected chi connectivity index (χ0v) is 14.4. The fourth-order valence-electron chi connectivity index (χ4n) is 4.89. The lowest BCUT2D eigenvalue weighted by Crippen LogP contribution is -2.54. The molecule has 3 aliphatic rings. The van der Waals surface area contributed by atoms with E-state index in [1.165, 1.54) is 37.0 Å². The molecular formula is C20H26N2O2. The maximum atomic E-state index is 13.0. The van der Waals surface area contributed by atoms with Gasteiger partial charge in [-0.3, -0.25) is 14.5 Å². The molecule has 4 rings (SSSR count). The van der Waals surface area contributed by atoms with Crippen LogP contribution < -0.4 is 4.90 Å². The molecule has 2 amide bonds. The fourth-order valence-corrected chi connectivity index (χ4v) is 4.89. The van der Waals surface area contributed by atoms with Gasteiger partial charge in [0.1, 0.15) is 0 Å². The minimum Gasteiger partial charge on any atom is -0.288 e. The lowest BCUT2D eigenvalue weighted by atomic mass is 9.77. The van der Waals surface area contributed by atoms with Gasteiger partial charge in [-0.15, -0.1) is 0 Å². The Morgan fingerprint density at radius 1 is 0.958 bits per heavy atom. The standard InChI is InChI=1S/C20H26N2O2/c1-14-8-10-16(11-9-14)22-19(23)13-18(20(22)24)21-12-4-6-15-5-2-3-7-17(15)21/h8-11,15,17-18H,2-7,12-13H2,1H3/t15-,17-,18-/m0/s1. The van der Waals surface area contributed by atoms with Crippen LogP contribution in [0, 0.1) is 12.8 Å². The van der Waals surface area contributed by atoms with Crippen LogP contribution >= 0.6 is 0 Å². The number of carbonyl (C=O) groups is 2. The van der Waals surface area contributed by atoms with Crippen molar-refractivity contribution in [1.29, 1.82) is 0 Å². The van der Waals surface area contributed by atoms with Gasteiger partial charge in [-0.05, 0) is 57.2 Å². The minimum absolute atomic E-state index is 0.0184. The van der Waals surface area contributed by atoms with Crippen LogP contribution in [-0.2, 0) is 9.59 Å². The van der Waals surface area contributed by atoms with E-state index in [9.17, 15) is 9.59 Å². The summed E-state index contributed by atoms with van der Waals surface area (Å²) in [5, 5.41) is 0. The first-order chi connectivity index (χ1) is 11.6. The molecule has 1 aromatic carbocycles. The SMILES string of the molecule is Cc1ccc(N2C(=O)C[C@H](N3CCC[C@@H]4CCCC[C@@H]43)C2=O)cc1. The molecule has 4 heteroatoms. The molecule has 3 fully saturated rings. The number of likely N-dealkylation sites (tertiary alicyclic amines) is 1. The van der Waals surface area contributed by atoms with Crippen molar-refractivity contribution in [2.24, 2.45) is 5.92 Å². The summed E-state index contributed by atoms with van der Waals surface area (Å²) in [6.45, 7) is 2.98. The maximum Gasteiger partial charge on any atom is 0.251 e. The third-order valence-electron chi connectivity index (χ3n) is 6.10. The summed E-state index contributed by atoms with van der Waals surface area (Å²) in [5.74, 6) is 0.658. The van der Waals surface area contributed by atoms with Crippen molar-refractivity contribution in [3.63, 3.8) is 0 Å². The van der Waals surface area contributed by atoms with E-state index in [0.717, 1.165) is 30.1 Å². The molecule has 0 bridgehead atoms. The summed E-state index contributed by atoms with van der Waals surface area (Å²) in [5.41, 5.74) is 1.85. The van der Waals surface area contributed by atoms with Crippen LogP contribution in [0.25, 0.3) is 0 Å². The number of imide groups is 1. The number of anilines is 1. The highest BCUT2D eigenvalue weighted by Crippen LogP contribution is 2.38. The van der Waals surface area contributed by atoms with Crippen molar-refractivity contribution < 1.29 is 9.59 Å². The predicted octanol–water partition coefficient (Wildman–Crippen LogP) is 3.28. The summed E-state index contributed by atoms with van der Waals surface area (Å²) in [4.78, 5) is 29.4. The maximum absolute atomic E-state index is 13.0. The van der Waals surface area contributed by atoms with E-state index < -0.39 is 0 Å². The number of nitrogens with zero attached hydrogens (tertiary/aromatic N) is 2. The fraction of sp³-hybridized carbons (Fsp3) is 0.600. The topological polar surface area (TPSA) is 40.6 Å². The second-order valence-corrected chi connectivity index (χ2v) is 7.61. The molecule has 3 atom stereocenters. The van der Waals surface area contributed by atoms with Crippen molar-refractivity contribution in [2.45, 2.75) is 64.0 Å². The zero-order chi connectivity index (χ0) is 16.7. The first-order valence-corrected chi connectivity index (χ1v) is 9.34. The molecular weight excluding hydrogens is 300 g/mol. The van der Waals surface area contributed by atoms with E-state index in [2.05, 4.69) is 4.90 Å². The lowest BCUT2D eigenvalue weighted by Gasteiger charge is -2.46. The first kappa shape index (κ1) is 15.8. The number of piperidine rings is 1. The molecule has 0 spiro atoms. The molecule has 2 saturated heterocycles. The Labute approximate surface area is 143 Å². The Balaban J connectivity index is 1.57. The number of carbonyl (C=O) groups excluding carboxylic acids is 2. The van der Waals surface area contributed by atoms with Gasteiger partial charge in [0.15, 0.2) is 0 Å². The highest BCUT2D eigenvalue weighted by Gasteiger charge is 2.47. The van der Waals surface area contributed by atoms with Gasteiger partial charge in [0.25, 0.3) is 5.91 Å². The number of amides is 2. The molecule has 1 saturated carbocycles. The Morgan fingerprint density at radius 3 is 2.46 bits per heavy atom. The molecule has 2 heterocycles. The summed E-state index contributed by atoms with van der Waals surface area (Å²) < 4.78 is 0. The normalized spacial score (nSPS) is 31.4. The van der Waals surface area contributed by atoms with Crippen LogP contribution in [0.1, 0.15) is 50.5 Å². The van der Waals surface area contributed by atoms with Crippen LogP contribution in [-0.4, -0.2) is 35.3 Å². The Bertz CT molecular complexity index is 638. The summed E-state index contributed by atoms with van der Waals surface area (Å²) in [6.07, 6.45) is 7.85. The van der Waals surface area contributed by atoms with Gasteiger partial charge in [-0.2, -0.15) is 0 Å². The summed E-state index contributed by atoms with van der Waals surface area (Å²) >= 11 is 0. The largest absolute Gasteiger partial charge is 0.288 e. The van der Waals surface area contributed by atoms with Gasteiger partial charge < -0.3 is 0 Å². The number of aryl methyl sites for hydroxylation is 1. The predicted molar refractivity (Wildman–Crippen MR) is 93.8 cm³/mol. The second kappa shape index (κ2) is 6.32. The monoisotopic (exact) mass is 326 g/mol. The van der Waals surface area contributed by atoms with E-state index in [-0.39, 0.29) is 17.9 Å². The smallest absolute Gasteiger partial charge is 0.251 e. The molecule has 24 heavy (non-hydrogen) atoms. The van der Waals surface area contributed by atoms with Crippen molar-refractivity contribution in [2.75, 3.05) is 11.4 Å². The van der Waals surface area contributed by atoms with Crippen molar-refractivity contribution in [3.05, 3.63) is 29.8 Å². The Morgan fingerprint density at radius 2 is 1.67 bits per heavy atom. The lowest BCUT2D eigenvalue weighted by molar-refractivity contribution is -0.124. The number of rotatable bonds is 2. The van der Waals surface area contributed by atoms with Crippen LogP contribution in [0.15, 0.2) is 24.3 Å². The third kappa shape index (κ3) is 2.67. The van der Waals surface area contributed by atoms with E-state index in [0.29, 0.717) is 12.5 Å². The van der Waals surface area contributed by atoms with Gasteiger partial charge in [0.05, 0.1) is 18.2 Å². The van der Waals surface area contributed by atoms with Gasteiger partial charge >= 0.3 is 0 Å². The van der Waals surface area contributed by atoms with Crippen molar-refractivity contribution >= 4 is 17.5 Å². The molecule has 1 aliphatic carbocycles. The van der Waals surface area contributed by atoms with Gasteiger partial charge in [-0.25, -0.2) is 4.90 Å². The van der Waals surface area contributed by atoms with Crippen LogP contribution in [0.5, 0.6) is 0 Å². The van der Waals surface area contributed by atoms with Crippen LogP contribution in [0.4, 0.5) is 5.69 Å². The molecule has 2 aliphatic heterocycles. The molecule has 0 unspecified atom stereocenters. The quantitative estimate of drug-likeness (QED) is 0.783. The van der Waals surface area contributed by atoms with E-state index in [4.69, 9.17) is 0 Å². The highest BCUT2D eigenvalue weighted by molar-refractivity contribution is 6.22. The summed E-state index contributed by atoms with van der Waals surface area (Å²) in [7, 11) is 0. The Hall–Kier alpha value is -1.68. The van der Waals surface area contributed by atoms with Crippen molar-refractivity contribution in [1.82, 2.24) is 4.90 Å². The molecule has 0 aromatic heterocycles. The molecule has 0 radical (unpaired) electrons. The minimum atomic E-state index is -0.246. The molecule has 0 N–H and O–H groups in total. The Kier molecular flexibility index (Phi) is 4.17. The van der Waals surface area contributed by atoms with Gasteiger partial charge in [-0.1, -0.05) is 30.5 Å². The van der Waals surface area contributed by atoms with Crippen LogP contribution in [0.2, 0.25) is 0 Å². The van der Waals surface area contributed by atoms with E-state index >= 15 is 0 Å². The average Bonchev–Trinajstić information content (AvgIpc) is 2.90. The zero-order valence-electron chi connectivity index (χ0n) is 14.4. The number of hydrogen-bond acceptors (Lipinski definition) is 3. The molecule has 128 valence electrons. The first-order valence-electron chi connectivity index (χ1n) is 9.34. The summed E-state index contributed by atoms with van der Waals surface area (Å²) in [6, 6.07) is 7.94. The van der Waals surface area contributed by atoms with E-state index in [1.54, 1.807) is 0 Å². The molecule has 4 nitrogen and oxygen atoms in total. The van der Waals surface area contributed by atoms with Gasteiger partial charge in [0.2, 0.25) is 5.91 Å². The third-order valence-corrected chi connectivity index (χ3v) is 6.10. The van der Waals surface area contributed by atoms with Crippen molar-refractivity contribution in [3.8, 4) is 0 Å². The average molecular weight is 326 g/mol. The number of fused-ring (bicyclic) bond motifs is 1. The number of hydrogen-bond donors (Lipinski definition) is 0. The number of benzene rings is 1. The molecule has 1 aromatic rings. The second-order valence-electron chi connectivity index (χ2n) is 7.61. The highest BCUT2D eigenvalue weighted by atomic mass is 16.2. The van der Waals surface area contributed by atoms with Crippen LogP contribution in [0.3, 0.4) is 0 Å².